The Hall–Kier alpha value is 0.0500. The van der Waals surface area contributed by atoms with E-state index in [2.05, 4.69) is 30.7 Å². The summed E-state index contributed by atoms with van der Waals surface area (Å²) in [4.78, 5) is 2.24. The Bertz CT molecular complexity index is 103. The molecule has 0 aromatic heterocycles. The van der Waals surface area contributed by atoms with E-state index in [1.165, 1.54) is 6.42 Å². The number of likely N-dealkylation sites (tertiary alicyclic amines) is 1. The normalized spacial score (nSPS) is 28.8. The molecule has 0 aromatic rings. The van der Waals surface area contributed by atoms with Gasteiger partial charge in [-0.1, -0.05) is 6.08 Å². The molecule has 1 radical (unpaired) electrons. The van der Waals surface area contributed by atoms with Gasteiger partial charge < -0.3 is 0 Å². The molecule has 1 unspecified atom stereocenters. The highest BCUT2D eigenvalue weighted by Gasteiger charge is 2.17. The fraction of sp³-hybridized carbons (Fsp3) is 0.571. The molecule has 1 nitrogen and oxygen atoms in total. The summed E-state index contributed by atoms with van der Waals surface area (Å²) in [7, 11) is 0. The molecular formula is C7H12NS. The summed E-state index contributed by atoms with van der Waals surface area (Å²) in [5.41, 5.74) is 0. The van der Waals surface area contributed by atoms with Gasteiger partial charge in [0.25, 0.3) is 0 Å². The molecule has 0 aromatic carbocycles. The van der Waals surface area contributed by atoms with Crippen LogP contribution in [0.1, 0.15) is 6.42 Å². The number of hydrogen-bond donors (Lipinski definition) is 1. The fourth-order valence-corrected chi connectivity index (χ4v) is 1.31. The first-order chi connectivity index (χ1) is 4.33. The van der Waals surface area contributed by atoms with Gasteiger partial charge in [0.2, 0.25) is 0 Å². The van der Waals surface area contributed by atoms with Crippen molar-refractivity contribution in [3.63, 3.8) is 0 Å². The Balaban J connectivity index is 2.21. The summed E-state index contributed by atoms with van der Waals surface area (Å²) in [6.45, 7) is 7.93. The monoisotopic (exact) mass is 142 g/mol. The predicted molar refractivity (Wildman–Crippen MR) is 43.5 cm³/mol. The highest BCUT2D eigenvalue weighted by Crippen LogP contribution is 2.17. The molecule has 0 bridgehead atoms. The van der Waals surface area contributed by atoms with Crippen molar-refractivity contribution < 1.29 is 0 Å². The molecule has 0 aliphatic carbocycles. The highest BCUT2D eigenvalue weighted by molar-refractivity contribution is 7.81. The molecule has 1 aliphatic rings. The Kier molecular flexibility index (Phi) is 2.61. The van der Waals surface area contributed by atoms with E-state index < -0.39 is 0 Å². The topological polar surface area (TPSA) is 3.24 Å². The van der Waals surface area contributed by atoms with Crippen LogP contribution in [0, 0.1) is 6.54 Å². The molecule has 1 saturated heterocycles. The van der Waals surface area contributed by atoms with E-state index in [-0.39, 0.29) is 0 Å². The lowest BCUT2D eigenvalue weighted by Crippen LogP contribution is -2.15. The lowest BCUT2D eigenvalue weighted by molar-refractivity contribution is 0.430. The molecule has 1 rings (SSSR count). The van der Waals surface area contributed by atoms with Crippen LogP contribution in [0.15, 0.2) is 12.7 Å². The van der Waals surface area contributed by atoms with Crippen LogP contribution in [0.4, 0.5) is 0 Å². The summed E-state index contributed by atoms with van der Waals surface area (Å²) in [6, 6.07) is 0. The zero-order chi connectivity index (χ0) is 6.69. The van der Waals surface area contributed by atoms with Crippen LogP contribution >= 0.6 is 12.6 Å². The fourth-order valence-electron chi connectivity index (χ4n) is 1.01. The molecule has 2 heteroatoms. The zero-order valence-corrected chi connectivity index (χ0v) is 6.35. The lowest BCUT2D eigenvalue weighted by Gasteiger charge is -2.09. The standard InChI is InChI=1S/C7H12NS/c1-2-4-8-5-3-7(9)6-8/h2,6-7,9H,1,3-5H2. The Labute approximate surface area is 62.1 Å². The van der Waals surface area contributed by atoms with E-state index in [0.717, 1.165) is 13.1 Å². The Morgan fingerprint density at radius 1 is 1.89 bits per heavy atom. The second-order valence-electron chi connectivity index (χ2n) is 2.29. The Morgan fingerprint density at radius 3 is 3.11 bits per heavy atom. The van der Waals surface area contributed by atoms with Gasteiger partial charge in [-0.3, -0.25) is 4.90 Å². The summed E-state index contributed by atoms with van der Waals surface area (Å²) in [5.74, 6) is 0. The van der Waals surface area contributed by atoms with Gasteiger partial charge in [0, 0.05) is 18.3 Å². The van der Waals surface area contributed by atoms with Gasteiger partial charge in [0.1, 0.15) is 0 Å². The molecule has 0 amide bonds. The van der Waals surface area contributed by atoms with Crippen LogP contribution < -0.4 is 0 Å². The first kappa shape index (κ1) is 7.16. The zero-order valence-electron chi connectivity index (χ0n) is 5.45. The third-order valence-corrected chi connectivity index (χ3v) is 1.85. The van der Waals surface area contributed by atoms with Crippen LogP contribution in [0.25, 0.3) is 0 Å². The van der Waals surface area contributed by atoms with Crippen molar-refractivity contribution in [1.29, 1.82) is 0 Å². The minimum atomic E-state index is 0.477. The van der Waals surface area contributed by atoms with Crippen LogP contribution in [0.3, 0.4) is 0 Å². The minimum Gasteiger partial charge on any atom is -0.294 e. The maximum atomic E-state index is 4.31. The summed E-state index contributed by atoms with van der Waals surface area (Å²) >= 11 is 4.31. The van der Waals surface area contributed by atoms with Crippen molar-refractivity contribution in [2.24, 2.45) is 0 Å². The van der Waals surface area contributed by atoms with Crippen molar-refractivity contribution in [3.05, 3.63) is 19.2 Å². The third-order valence-electron chi connectivity index (χ3n) is 1.46. The van der Waals surface area contributed by atoms with Gasteiger partial charge in [-0.2, -0.15) is 12.6 Å². The molecular weight excluding hydrogens is 130 g/mol. The van der Waals surface area contributed by atoms with Crippen molar-refractivity contribution >= 4 is 12.6 Å². The summed E-state index contributed by atoms with van der Waals surface area (Å²) < 4.78 is 0. The van der Waals surface area contributed by atoms with E-state index in [1.807, 2.05) is 6.08 Å². The highest BCUT2D eigenvalue weighted by atomic mass is 32.1. The van der Waals surface area contributed by atoms with Crippen molar-refractivity contribution in [2.45, 2.75) is 11.7 Å². The largest absolute Gasteiger partial charge is 0.294 e. The van der Waals surface area contributed by atoms with Crippen molar-refractivity contribution in [3.8, 4) is 0 Å². The van der Waals surface area contributed by atoms with E-state index in [0.29, 0.717) is 5.25 Å². The molecule has 1 heterocycles. The second kappa shape index (κ2) is 3.28. The average Bonchev–Trinajstić information content (AvgIpc) is 2.17. The van der Waals surface area contributed by atoms with E-state index in [9.17, 15) is 0 Å². The number of thiol groups is 1. The van der Waals surface area contributed by atoms with Gasteiger partial charge in [0.05, 0.1) is 0 Å². The van der Waals surface area contributed by atoms with E-state index in [1.54, 1.807) is 0 Å². The van der Waals surface area contributed by atoms with Crippen molar-refractivity contribution in [1.82, 2.24) is 4.90 Å². The number of hydrogen-bond acceptors (Lipinski definition) is 2. The third kappa shape index (κ3) is 2.03. The van der Waals surface area contributed by atoms with Gasteiger partial charge in [-0.15, -0.1) is 6.58 Å². The maximum Gasteiger partial charge on any atom is 0.0382 e. The summed E-state index contributed by atoms with van der Waals surface area (Å²) in [5, 5.41) is 0.477. The average molecular weight is 142 g/mol. The smallest absolute Gasteiger partial charge is 0.0382 e. The molecule has 0 spiro atoms. The molecule has 1 fully saturated rings. The van der Waals surface area contributed by atoms with Crippen molar-refractivity contribution in [2.75, 3.05) is 13.1 Å². The van der Waals surface area contributed by atoms with Gasteiger partial charge in [0.15, 0.2) is 0 Å². The number of nitrogens with zero attached hydrogens (tertiary/aromatic N) is 1. The molecule has 1 atom stereocenters. The molecule has 1 aliphatic heterocycles. The second-order valence-corrected chi connectivity index (χ2v) is 2.95. The molecule has 0 saturated carbocycles. The van der Waals surface area contributed by atoms with Crippen LogP contribution in [-0.2, 0) is 0 Å². The molecule has 9 heavy (non-hydrogen) atoms. The van der Waals surface area contributed by atoms with Crippen LogP contribution in [0.5, 0.6) is 0 Å². The van der Waals surface area contributed by atoms with Gasteiger partial charge in [-0.05, 0) is 13.0 Å². The Morgan fingerprint density at radius 2 is 2.67 bits per heavy atom. The first-order valence-corrected chi connectivity index (χ1v) is 3.72. The molecule has 0 N–H and O–H groups in total. The lowest BCUT2D eigenvalue weighted by atomic mass is 10.4. The minimum absolute atomic E-state index is 0.477. The van der Waals surface area contributed by atoms with Crippen LogP contribution in [0.2, 0.25) is 0 Å². The predicted octanol–water partition coefficient (Wildman–Crippen LogP) is 1.34. The van der Waals surface area contributed by atoms with E-state index in [4.69, 9.17) is 0 Å². The summed E-state index contributed by atoms with van der Waals surface area (Å²) in [6.07, 6.45) is 3.10. The first-order valence-electron chi connectivity index (χ1n) is 3.21. The van der Waals surface area contributed by atoms with Gasteiger partial charge in [-0.25, -0.2) is 0 Å². The number of rotatable bonds is 2. The quantitative estimate of drug-likeness (QED) is 0.450. The van der Waals surface area contributed by atoms with Gasteiger partial charge >= 0.3 is 0 Å². The molecule has 51 valence electrons. The van der Waals surface area contributed by atoms with E-state index >= 15 is 0 Å². The maximum absolute atomic E-state index is 4.31. The van der Waals surface area contributed by atoms with Crippen LogP contribution in [-0.4, -0.2) is 23.2 Å². The SMILES string of the molecule is C=CCN1[CH]C(S)CC1.